The lowest BCUT2D eigenvalue weighted by atomic mass is 10.0. The second-order valence-electron chi connectivity index (χ2n) is 16.0. The van der Waals surface area contributed by atoms with E-state index in [2.05, 4.69) is 196 Å². The van der Waals surface area contributed by atoms with Gasteiger partial charge in [-0.05, 0) is 65.7 Å². The molecule has 0 fully saturated rings. The van der Waals surface area contributed by atoms with E-state index in [1.807, 2.05) is 36.4 Å². The van der Waals surface area contributed by atoms with Gasteiger partial charge in [0, 0.05) is 54.8 Å². The summed E-state index contributed by atoms with van der Waals surface area (Å²) < 4.78 is 7.05. The summed E-state index contributed by atoms with van der Waals surface area (Å²) in [5, 5.41) is 7.13. The van der Waals surface area contributed by atoms with Crippen molar-refractivity contribution in [2.24, 2.45) is 0 Å². The highest BCUT2D eigenvalue weighted by molar-refractivity contribution is 6.26. The predicted molar refractivity (Wildman–Crippen MR) is 259 cm³/mol. The molecule has 0 aliphatic carbocycles. The lowest BCUT2D eigenvalue weighted by Gasteiger charge is -2.13. The average molecular weight is 805 g/mol. The van der Waals surface area contributed by atoms with Crippen molar-refractivity contribution in [1.29, 1.82) is 0 Å². The summed E-state index contributed by atoms with van der Waals surface area (Å²) in [6, 6.07) is 77.4. The number of rotatable bonds is 6. The third-order valence-electron chi connectivity index (χ3n) is 12.5. The van der Waals surface area contributed by atoms with Crippen LogP contribution in [0.4, 0.5) is 0 Å². The molecule has 0 saturated carbocycles. The first-order chi connectivity index (χ1) is 31.3. The van der Waals surface area contributed by atoms with Gasteiger partial charge in [0.2, 0.25) is 5.95 Å². The topological polar surface area (TPSA) is 53.5 Å². The molecule has 0 unspecified atom stereocenters. The number of fused-ring (bicyclic) bond motifs is 10. The summed E-state index contributed by atoms with van der Waals surface area (Å²) in [6.07, 6.45) is 0. The van der Waals surface area contributed by atoms with Crippen LogP contribution in [-0.4, -0.2) is 28.7 Å². The van der Waals surface area contributed by atoms with E-state index in [-0.39, 0.29) is 0 Å². The quantitative estimate of drug-likeness (QED) is 0.168. The third-order valence-corrected chi connectivity index (χ3v) is 12.5. The molecule has 0 aliphatic heterocycles. The Balaban J connectivity index is 1.06. The first-order valence-corrected chi connectivity index (χ1v) is 21.3. The maximum Gasteiger partial charge on any atom is 0.238 e. The minimum Gasteiger partial charge on any atom is -0.309 e. The van der Waals surface area contributed by atoms with E-state index in [1.165, 1.54) is 32.6 Å². The van der Waals surface area contributed by atoms with Crippen molar-refractivity contribution in [2.75, 3.05) is 0 Å². The van der Waals surface area contributed by atoms with Crippen molar-refractivity contribution in [3.8, 4) is 51.2 Å². The van der Waals surface area contributed by atoms with Crippen LogP contribution in [-0.2, 0) is 0 Å². The van der Waals surface area contributed by atoms with Gasteiger partial charge in [0.25, 0.3) is 0 Å². The van der Waals surface area contributed by atoms with Crippen LogP contribution in [0.25, 0.3) is 117 Å². The fourth-order valence-corrected chi connectivity index (χ4v) is 9.72. The molecule has 0 spiro atoms. The molecule has 0 N–H and O–H groups in total. The van der Waals surface area contributed by atoms with Gasteiger partial charge >= 0.3 is 0 Å². The number of benzene rings is 9. The highest BCUT2D eigenvalue weighted by Crippen LogP contribution is 2.43. The van der Waals surface area contributed by atoms with E-state index < -0.39 is 0 Å². The Hall–Kier alpha value is -8.61. The van der Waals surface area contributed by atoms with Gasteiger partial charge in [-0.15, -0.1) is 0 Å². The van der Waals surface area contributed by atoms with Crippen molar-refractivity contribution < 1.29 is 0 Å². The fraction of sp³-hybridized carbons (Fsp3) is 0. The van der Waals surface area contributed by atoms with E-state index in [0.29, 0.717) is 17.6 Å². The molecule has 6 heteroatoms. The van der Waals surface area contributed by atoms with Crippen LogP contribution in [0.2, 0.25) is 0 Å². The van der Waals surface area contributed by atoms with E-state index in [1.54, 1.807) is 0 Å². The molecule has 0 saturated heterocycles. The molecule has 0 aliphatic rings. The molecule has 63 heavy (non-hydrogen) atoms. The van der Waals surface area contributed by atoms with Crippen LogP contribution in [0.5, 0.6) is 0 Å². The molecule has 294 valence electrons. The molecule has 6 nitrogen and oxygen atoms in total. The van der Waals surface area contributed by atoms with Crippen LogP contribution in [0, 0.1) is 0 Å². The zero-order valence-corrected chi connectivity index (χ0v) is 34.0. The summed E-state index contributed by atoms with van der Waals surface area (Å²) in [5.41, 5.74) is 13.1. The molecule has 13 rings (SSSR count). The summed E-state index contributed by atoms with van der Waals surface area (Å²) >= 11 is 0. The van der Waals surface area contributed by atoms with Crippen molar-refractivity contribution in [3.05, 3.63) is 218 Å². The first-order valence-electron chi connectivity index (χ1n) is 21.3. The number of para-hydroxylation sites is 4. The maximum absolute atomic E-state index is 5.21. The normalized spacial score (nSPS) is 11.8. The van der Waals surface area contributed by atoms with Gasteiger partial charge in [-0.25, -0.2) is 4.98 Å². The van der Waals surface area contributed by atoms with Gasteiger partial charge in [0.15, 0.2) is 11.6 Å². The van der Waals surface area contributed by atoms with E-state index in [9.17, 15) is 0 Å². The van der Waals surface area contributed by atoms with Gasteiger partial charge in [0.05, 0.1) is 33.1 Å². The third kappa shape index (κ3) is 5.48. The summed E-state index contributed by atoms with van der Waals surface area (Å²) in [6.45, 7) is 0. The summed E-state index contributed by atoms with van der Waals surface area (Å²) in [7, 11) is 0. The maximum atomic E-state index is 5.21. The standard InChI is InChI=1S/C57H36N6/c1-4-17-37(18-5-1)55-58-56(38-19-6-2-7-20-38)60-57(59-55)63-50-30-15-12-27-47(50)53-51(63)34-33-46-44-26-11-14-29-49(44)62(54(46)53)42-24-16-21-39(35-42)40-31-32-45-43-25-10-13-28-48(43)61(52(45)36-40)41-22-8-3-9-23-41/h1-36H. The molecule has 13 aromatic rings. The van der Waals surface area contributed by atoms with Crippen molar-refractivity contribution in [1.82, 2.24) is 28.7 Å². The van der Waals surface area contributed by atoms with E-state index >= 15 is 0 Å². The van der Waals surface area contributed by atoms with Crippen LogP contribution in [0.1, 0.15) is 0 Å². The number of hydrogen-bond donors (Lipinski definition) is 0. The second kappa shape index (κ2) is 14.0. The number of hydrogen-bond acceptors (Lipinski definition) is 3. The first kappa shape index (κ1) is 35.2. The molecule has 0 atom stereocenters. The van der Waals surface area contributed by atoms with Crippen LogP contribution in [0.3, 0.4) is 0 Å². The number of nitrogens with zero attached hydrogens (tertiary/aromatic N) is 6. The highest BCUT2D eigenvalue weighted by atomic mass is 15.2. The molecular weight excluding hydrogens is 769 g/mol. The Morgan fingerprint density at radius 3 is 1.44 bits per heavy atom. The zero-order valence-electron chi connectivity index (χ0n) is 34.0. The van der Waals surface area contributed by atoms with Crippen LogP contribution in [0.15, 0.2) is 218 Å². The molecule has 0 amide bonds. The molecule has 0 bridgehead atoms. The monoisotopic (exact) mass is 804 g/mol. The molecular formula is C57H36N6. The lowest BCUT2D eigenvalue weighted by molar-refractivity contribution is 0.953. The van der Waals surface area contributed by atoms with E-state index in [4.69, 9.17) is 15.0 Å². The van der Waals surface area contributed by atoms with Gasteiger partial charge in [0.1, 0.15) is 0 Å². The zero-order chi connectivity index (χ0) is 41.4. The van der Waals surface area contributed by atoms with Gasteiger partial charge in [-0.3, -0.25) is 4.57 Å². The van der Waals surface area contributed by atoms with Crippen LogP contribution < -0.4 is 0 Å². The van der Waals surface area contributed by atoms with Gasteiger partial charge < -0.3 is 9.13 Å². The Morgan fingerprint density at radius 2 is 0.762 bits per heavy atom. The van der Waals surface area contributed by atoms with Crippen molar-refractivity contribution in [2.45, 2.75) is 0 Å². The summed E-state index contributed by atoms with van der Waals surface area (Å²) in [4.78, 5) is 15.4. The number of aromatic nitrogens is 6. The highest BCUT2D eigenvalue weighted by Gasteiger charge is 2.23. The predicted octanol–water partition coefficient (Wildman–Crippen LogP) is 14.2. The smallest absolute Gasteiger partial charge is 0.238 e. The minimum atomic E-state index is 0.571. The molecule has 4 aromatic heterocycles. The largest absolute Gasteiger partial charge is 0.309 e. The Kier molecular flexibility index (Phi) is 7.80. The van der Waals surface area contributed by atoms with Crippen molar-refractivity contribution >= 4 is 65.4 Å². The Bertz CT molecular complexity index is 3840. The second-order valence-corrected chi connectivity index (χ2v) is 16.0. The Morgan fingerprint density at radius 1 is 0.270 bits per heavy atom. The molecule has 9 aromatic carbocycles. The van der Waals surface area contributed by atoms with Crippen LogP contribution >= 0.6 is 0 Å². The lowest BCUT2D eigenvalue weighted by Crippen LogP contribution is -2.06. The van der Waals surface area contributed by atoms with E-state index in [0.717, 1.165) is 66.5 Å². The fourth-order valence-electron chi connectivity index (χ4n) is 9.72. The molecule has 0 radical (unpaired) electrons. The van der Waals surface area contributed by atoms with Crippen molar-refractivity contribution in [3.63, 3.8) is 0 Å². The Labute approximate surface area is 362 Å². The average Bonchev–Trinajstić information content (AvgIpc) is 4.00. The summed E-state index contributed by atoms with van der Waals surface area (Å²) in [5.74, 6) is 1.82. The SMILES string of the molecule is c1ccc(-c2nc(-c3ccccc3)nc(-n3c4ccccc4c4c3ccc3c5ccccc5n(-c5cccc(-c6ccc7c8ccccc8n(-c8ccccc8)c7c6)c5)c34)n2)cc1. The van der Waals surface area contributed by atoms with Gasteiger partial charge in [-0.2, -0.15) is 9.97 Å². The van der Waals surface area contributed by atoms with Gasteiger partial charge in [-0.1, -0.05) is 164 Å². The molecule has 4 heterocycles. The minimum absolute atomic E-state index is 0.571.